The van der Waals surface area contributed by atoms with Gasteiger partial charge in [0.2, 0.25) is 0 Å². The molecule has 0 aliphatic heterocycles. The van der Waals surface area contributed by atoms with E-state index in [1.165, 1.54) is 0 Å². The van der Waals surface area contributed by atoms with E-state index in [1.54, 1.807) is 0 Å². The molecule has 2 aromatic rings. The zero-order valence-corrected chi connectivity index (χ0v) is 11.5. The minimum atomic E-state index is 0.514. The monoisotopic (exact) mass is 310 g/mol. The first-order valence-electron chi connectivity index (χ1n) is 5.30. The van der Waals surface area contributed by atoms with Crippen LogP contribution in [0.25, 0.3) is 0 Å². The number of rotatable bonds is 4. The highest BCUT2D eigenvalue weighted by molar-refractivity contribution is 9.10. The lowest BCUT2D eigenvalue weighted by molar-refractivity contribution is 0.305. The molecule has 3 heteroatoms. The van der Waals surface area contributed by atoms with Gasteiger partial charge in [0.1, 0.15) is 12.4 Å². The van der Waals surface area contributed by atoms with Crippen molar-refractivity contribution in [1.82, 2.24) is 0 Å². The maximum Gasteiger partial charge on any atom is 0.119 e. The van der Waals surface area contributed by atoms with E-state index in [4.69, 9.17) is 16.3 Å². The molecule has 0 bridgehead atoms. The van der Waals surface area contributed by atoms with Gasteiger partial charge in [-0.15, -0.1) is 11.6 Å². The number of hydrogen-bond donors (Lipinski definition) is 0. The van der Waals surface area contributed by atoms with Gasteiger partial charge in [-0.1, -0.05) is 40.2 Å². The molecule has 0 heterocycles. The topological polar surface area (TPSA) is 9.23 Å². The van der Waals surface area contributed by atoms with Gasteiger partial charge in [0, 0.05) is 10.4 Å². The van der Waals surface area contributed by atoms with Crippen molar-refractivity contribution in [3.05, 3.63) is 64.1 Å². The molecule has 0 atom stereocenters. The lowest BCUT2D eigenvalue weighted by atomic mass is 10.1. The van der Waals surface area contributed by atoms with Crippen LogP contribution in [0.15, 0.2) is 53.0 Å². The van der Waals surface area contributed by atoms with Gasteiger partial charge in [-0.05, 0) is 35.4 Å². The third kappa shape index (κ3) is 3.48. The second-order valence-electron chi connectivity index (χ2n) is 3.64. The van der Waals surface area contributed by atoms with Gasteiger partial charge in [0.15, 0.2) is 0 Å². The second-order valence-corrected chi connectivity index (χ2v) is 4.83. The molecule has 0 unspecified atom stereocenters. The van der Waals surface area contributed by atoms with Crippen LogP contribution in [0.1, 0.15) is 11.1 Å². The molecule has 17 heavy (non-hydrogen) atoms. The van der Waals surface area contributed by atoms with Crippen molar-refractivity contribution in [1.29, 1.82) is 0 Å². The average molecular weight is 312 g/mol. The Hall–Kier alpha value is -0.990. The summed E-state index contributed by atoms with van der Waals surface area (Å²) in [5, 5.41) is 0. The van der Waals surface area contributed by atoms with E-state index in [0.717, 1.165) is 21.3 Å². The highest BCUT2D eigenvalue weighted by atomic mass is 79.9. The van der Waals surface area contributed by atoms with Crippen molar-refractivity contribution < 1.29 is 4.74 Å². The Morgan fingerprint density at radius 3 is 2.24 bits per heavy atom. The van der Waals surface area contributed by atoms with Crippen LogP contribution in [0.5, 0.6) is 5.75 Å². The Morgan fingerprint density at radius 2 is 1.59 bits per heavy atom. The predicted octanol–water partition coefficient (Wildman–Crippen LogP) is 4.77. The molecule has 0 fully saturated rings. The number of hydrogen-bond acceptors (Lipinski definition) is 1. The number of halogens is 2. The van der Waals surface area contributed by atoms with Crippen molar-refractivity contribution in [2.75, 3.05) is 0 Å². The van der Waals surface area contributed by atoms with Gasteiger partial charge in [0.25, 0.3) is 0 Å². The fourth-order valence-electron chi connectivity index (χ4n) is 1.52. The van der Waals surface area contributed by atoms with E-state index in [1.807, 2.05) is 48.5 Å². The third-order valence-corrected chi connectivity index (χ3v) is 3.29. The normalized spacial score (nSPS) is 10.2. The van der Waals surface area contributed by atoms with Crippen LogP contribution in [-0.4, -0.2) is 0 Å². The van der Waals surface area contributed by atoms with E-state index >= 15 is 0 Å². The van der Waals surface area contributed by atoms with Crippen LogP contribution in [0.3, 0.4) is 0 Å². The molecule has 0 saturated carbocycles. The lowest BCUT2D eigenvalue weighted by Gasteiger charge is -2.09. The lowest BCUT2D eigenvalue weighted by Crippen LogP contribution is -1.98. The Labute approximate surface area is 115 Å². The standard InChI is InChI=1S/C14H12BrClO/c15-13-5-7-14(8-6-13)17-10-12-4-2-1-3-11(12)9-16/h1-8H,9-10H2. The van der Waals surface area contributed by atoms with Crippen LogP contribution >= 0.6 is 27.5 Å². The van der Waals surface area contributed by atoms with Gasteiger partial charge in [-0.3, -0.25) is 0 Å². The van der Waals surface area contributed by atoms with Crippen molar-refractivity contribution in [2.45, 2.75) is 12.5 Å². The largest absolute Gasteiger partial charge is 0.489 e. The Balaban J connectivity index is 2.04. The summed E-state index contributed by atoms with van der Waals surface area (Å²) in [7, 11) is 0. The molecular formula is C14H12BrClO. The van der Waals surface area contributed by atoms with Gasteiger partial charge in [0.05, 0.1) is 0 Å². The molecular weight excluding hydrogens is 300 g/mol. The highest BCUT2D eigenvalue weighted by Crippen LogP contribution is 2.19. The highest BCUT2D eigenvalue weighted by Gasteiger charge is 2.01. The van der Waals surface area contributed by atoms with Gasteiger partial charge >= 0.3 is 0 Å². The van der Waals surface area contributed by atoms with Gasteiger partial charge < -0.3 is 4.74 Å². The summed E-state index contributed by atoms with van der Waals surface area (Å²) in [4.78, 5) is 0. The van der Waals surface area contributed by atoms with Crippen molar-refractivity contribution in [3.63, 3.8) is 0 Å². The zero-order valence-electron chi connectivity index (χ0n) is 9.20. The second kappa shape index (κ2) is 6.08. The first-order chi connectivity index (χ1) is 8.29. The number of alkyl halides is 1. The van der Waals surface area contributed by atoms with Crippen LogP contribution in [0, 0.1) is 0 Å². The van der Waals surface area contributed by atoms with Gasteiger partial charge in [-0.2, -0.15) is 0 Å². The third-order valence-electron chi connectivity index (χ3n) is 2.47. The molecule has 0 radical (unpaired) electrons. The Bertz CT molecular complexity index is 482. The molecule has 0 N–H and O–H groups in total. The summed E-state index contributed by atoms with van der Waals surface area (Å²) in [6, 6.07) is 15.8. The number of benzene rings is 2. The van der Waals surface area contributed by atoms with Crippen LogP contribution < -0.4 is 4.74 Å². The molecule has 88 valence electrons. The maximum atomic E-state index is 5.87. The molecule has 0 aromatic heterocycles. The summed E-state index contributed by atoms with van der Waals surface area (Å²) in [6.07, 6.45) is 0. The minimum Gasteiger partial charge on any atom is -0.489 e. The molecule has 2 aromatic carbocycles. The molecule has 0 spiro atoms. The maximum absolute atomic E-state index is 5.87. The molecule has 0 aliphatic carbocycles. The van der Waals surface area contributed by atoms with Crippen LogP contribution in [-0.2, 0) is 12.5 Å². The van der Waals surface area contributed by atoms with Crippen molar-refractivity contribution in [2.24, 2.45) is 0 Å². The zero-order chi connectivity index (χ0) is 12.1. The first-order valence-corrected chi connectivity index (χ1v) is 6.63. The van der Waals surface area contributed by atoms with Crippen LogP contribution in [0.4, 0.5) is 0 Å². The molecule has 2 rings (SSSR count). The predicted molar refractivity (Wildman–Crippen MR) is 74.5 cm³/mol. The summed E-state index contributed by atoms with van der Waals surface area (Å²) in [6.45, 7) is 0.546. The Kier molecular flexibility index (Phi) is 4.46. The molecule has 0 aliphatic rings. The van der Waals surface area contributed by atoms with Gasteiger partial charge in [-0.25, -0.2) is 0 Å². The first kappa shape index (κ1) is 12.5. The Morgan fingerprint density at radius 1 is 0.941 bits per heavy atom. The van der Waals surface area contributed by atoms with E-state index in [0.29, 0.717) is 12.5 Å². The summed E-state index contributed by atoms with van der Waals surface area (Å²) >= 11 is 9.26. The fourth-order valence-corrected chi connectivity index (χ4v) is 2.05. The SMILES string of the molecule is ClCc1ccccc1COc1ccc(Br)cc1. The fraction of sp³-hybridized carbons (Fsp3) is 0.143. The molecule has 0 amide bonds. The summed E-state index contributed by atoms with van der Waals surface area (Å²) < 4.78 is 6.76. The minimum absolute atomic E-state index is 0.514. The van der Waals surface area contributed by atoms with Crippen molar-refractivity contribution >= 4 is 27.5 Å². The summed E-state index contributed by atoms with van der Waals surface area (Å²) in [5.41, 5.74) is 2.25. The smallest absolute Gasteiger partial charge is 0.119 e. The van der Waals surface area contributed by atoms with Crippen molar-refractivity contribution in [3.8, 4) is 5.75 Å². The van der Waals surface area contributed by atoms with Crippen LogP contribution in [0.2, 0.25) is 0 Å². The quantitative estimate of drug-likeness (QED) is 0.739. The molecule has 1 nitrogen and oxygen atoms in total. The van der Waals surface area contributed by atoms with E-state index < -0.39 is 0 Å². The van der Waals surface area contributed by atoms with E-state index in [-0.39, 0.29) is 0 Å². The number of ether oxygens (including phenoxy) is 1. The summed E-state index contributed by atoms with van der Waals surface area (Å²) in [5.74, 6) is 1.37. The van der Waals surface area contributed by atoms with E-state index in [2.05, 4.69) is 15.9 Å². The van der Waals surface area contributed by atoms with E-state index in [9.17, 15) is 0 Å². The average Bonchev–Trinajstić information content (AvgIpc) is 2.38. The molecule has 0 saturated heterocycles.